The quantitative estimate of drug-likeness (QED) is 0.766. The number of carbonyl (C=O) groups is 1. The number of aromatic nitrogens is 2. The van der Waals surface area contributed by atoms with Gasteiger partial charge in [0, 0.05) is 31.0 Å². The van der Waals surface area contributed by atoms with E-state index in [-0.39, 0.29) is 5.91 Å². The van der Waals surface area contributed by atoms with Crippen LogP contribution in [0.2, 0.25) is 0 Å². The summed E-state index contributed by atoms with van der Waals surface area (Å²) in [6.45, 7) is 2.50. The monoisotopic (exact) mass is 350 g/mol. The van der Waals surface area contributed by atoms with Crippen LogP contribution < -0.4 is 10.5 Å². The molecule has 4 rings (SSSR count). The fraction of sp³-hybridized carbons (Fsp3) is 0.300. The number of rotatable bonds is 5. The zero-order valence-electron chi connectivity index (χ0n) is 14.5. The van der Waals surface area contributed by atoms with E-state index >= 15 is 0 Å². The van der Waals surface area contributed by atoms with Gasteiger partial charge in [0.1, 0.15) is 18.0 Å². The van der Waals surface area contributed by atoms with Gasteiger partial charge in [-0.05, 0) is 49.2 Å². The SMILES string of the molecule is NCC1CCN(C(=O)c2cccc(OCc3cn4ccccc4n3)c2)C1. The van der Waals surface area contributed by atoms with Crippen molar-refractivity contribution in [3.63, 3.8) is 0 Å². The first-order chi connectivity index (χ1) is 12.7. The second kappa shape index (κ2) is 7.17. The van der Waals surface area contributed by atoms with Crippen LogP contribution in [0.5, 0.6) is 5.75 Å². The molecular formula is C20H22N4O2. The van der Waals surface area contributed by atoms with Crippen LogP contribution >= 0.6 is 0 Å². The Balaban J connectivity index is 1.43. The predicted molar refractivity (Wildman–Crippen MR) is 99.0 cm³/mol. The van der Waals surface area contributed by atoms with E-state index in [2.05, 4.69) is 4.98 Å². The average molecular weight is 350 g/mol. The molecule has 1 amide bonds. The molecule has 6 heteroatoms. The Kier molecular flexibility index (Phi) is 4.58. The number of hydrogen-bond acceptors (Lipinski definition) is 4. The first kappa shape index (κ1) is 16.6. The van der Waals surface area contributed by atoms with Crippen molar-refractivity contribution in [2.24, 2.45) is 11.7 Å². The van der Waals surface area contributed by atoms with Crippen LogP contribution in [0, 0.1) is 5.92 Å². The lowest BCUT2D eigenvalue weighted by atomic mass is 10.1. The fourth-order valence-electron chi connectivity index (χ4n) is 3.32. The van der Waals surface area contributed by atoms with Gasteiger partial charge in [0.2, 0.25) is 0 Å². The zero-order valence-corrected chi connectivity index (χ0v) is 14.5. The largest absolute Gasteiger partial charge is 0.487 e. The number of likely N-dealkylation sites (tertiary alicyclic amines) is 1. The van der Waals surface area contributed by atoms with Crippen molar-refractivity contribution >= 4 is 11.6 Å². The molecule has 0 aliphatic carbocycles. The Bertz CT molecular complexity index is 888. The fourth-order valence-corrected chi connectivity index (χ4v) is 3.32. The number of nitrogens with zero attached hydrogens (tertiary/aromatic N) is 3. The van der Waals surface area contributed by atoms with Gasteiger partial charge in [0.05, 0.1) is 5.69 Å². The molecule has 6 nitrogen and oxygen atoms in total. The Hall–Kier alpha value is -2.86. The third-order valence-electron chi connectivity index (χ3n) is 4.79. The molecule has 134 valence electrons. The second-order valence-electron chi connectivity index (χ2n) is 6.66. The second-order valence-corrected chi connectivity index (χ2v) is 6.66. The summed E-state index contributed by atoms with van der Waals surface area (Å²) in [5.41, 5.74) is 8.10. The molecule has 2 N–H and O–H groups in total. The number of imidazole rings is 1. The Morgan fingerprint density at radius 2 is 2.19 bits per heavy atom. The highest BCUT2D eigenvalue weighted by atomic mass is 16.5. The summed E-state index contributed by atoms with van der Waals surface area (Å²) in [5, 5.41) is 0. The van der Waals surface area contributed by atoms with Crippen LogP contribution in [0.1, 0.15) is 22.5 Å². The number of amides is 1. The maximum atomic E-state index is 12.7. The highest BCUT2D eigenvalue weighted by Crippen LogP contribution is 2.21. The van der Waals surface area contributed by atoms with Crippen LogP contribution in [0.3, 0.4) is 0 Å². The van der Waals surface area contributed by atoms with Gasteiger partial charge in [0.25, 0.3) is 5.91 Å². The third-order valence-corrected chi connectivity index (χ3v) is 4.79. The third kappa shape index (κ3) is 3.41. The molecule has 1 aliphatic rings. The molecule has 2 aromatic heterocycles. The summed E-state index contributed by atoms with van der Waals surface area (Å²) in [6, 6.07) is 13.2. The smallest absolute Gasteiger partial charge is 0.253 e. The van der Waals surface area contributed by atoms with Gasteiger partial charge < -0.3 is 19.8 Å². The highest BCUT2D eigenvalue weighted by Gasteiger charge is 2.26. The van der Waals surface area contributed by atoms with E-state index in [1.165, 1.54) is 0 Å². The molecular weight excluding hydrogens is 328 g/mol. The molecule has 1 atom stereocenters. The summed E-state index contributed by atoms with van der Waals surface area (Å²) >= 11 is 0. The molecule has 1 aromatic carbocycles. The molecule has 1 saturated heterocycles. The molecule has 0 bridgehead atoms. The molecule has 3 heterocycles. The van der Waals surface area contributed by atoms with Gasteiger partial charge in [-0.1, -0.05) is 12.1 Å². The van der Waals surface area contributed by atoms with Crippen molar-refractivity contribution in [1.82, 2.24) is 14.3 Å². The lowest BCUT2D eigenvalue weighted by Crippen LogP contribution is -2.29. The Morgan fingerprint density at radius 1 is 1.27 bits per heavy atom. The first-order valence-electron chi connectivity index (χ1n) is 8.88. The standard InChI is InChI=1S/C20H22N4O2/c21-11-15-7-9-24(12-15)20(25)16-4-3-5-18(10-16)26-14-17-13-23-8-2-1-6-19(23)22-17/h1-6,8,10,13,15H,7,9,11-12,14,21H2. The number of fused-ring (bicyclic) bond motifs is 1. The minimum absolute atomic E-state index is 0.0409. The highest BCUT2D eigenvalue weighted by molar-refractivity contribution is 5.94. The van der Waals surface area contributed by atoms with Crippen LogP contribution in [-0.2, 0) is 6.61 Å². The minimum atomic E-state index is 0.0409. The van der Waals surface area contributed by atoms with E-state index in [0.717, 1.165) is 30.9 Å². The Morgan fingerprint density at radius 3 is 3.00 bits per heavy atom. The van der Waals surface area contributed by atoms with Gasteiger partial charge in [0.15, 0.2) is 0 Å². The number of benzene rings is 1. The molecule has 26 heavy (non-hydrogen) atoms. The molecule has 3 aromatic rings. The molecule has 0 spiro atoms. The topological polar surface area (TPSA) is 72.9 Å². The van der Waals surface area contributed by atoms with Gasteiger partial charge in [-0.25, -0.2) is 4.98 Å². The van der Waals surface area contributed by atoms with Gasteiger partial charge >= 0.3 is 0 Å². The number of pyridine rings is 1. The van der Waals surface area contributed by atoms with E-state index in [9.17, 15) is 4.79 Å². The zero-order chi connectivity index (χ0) is 17.9. The summed E-state index contributed by atoms with van der Waals surface area (Å²) in [6.07, 6.45) is 4.88. The maximum Gasteiger partial charge on any atom is 0.253 e. The molecule has 0 saturated carbocycles. The van der Waals surface area contributed by atoms with E-state index in [1.807, 2.05) is 58.1 Å². The predicted octanol–water partition coefficient (Wildman–Crippen LogP) is 2.33. The number of carbonyl (C=O) groups excluding carboxylic acids is 1. The average Bonchev–Trinajstić information content (AvgIpc) is 3.32. The van der Waals surface area contributed by atoms with Crippen LogP contribution in [0.25, 0.3) is 5.65 Å². The molecule has 1 aliphatic heterocycles. The maximum absolute atomic E-state index is 12.7. The summed E-state index contributed by atoms with van der Waals surface area (Å²) in [5.74, 6) is 1.12. The van der Waals surface area contributed by atoms with Crippen molar-refractivity contribution in [2.45, 2.75) is 13.0 Å². The molecule has 1 unspecified atom stereocenters. The first-order valence-corrected chi connectivity index (χ1v) is 8.88. The van der Waals surface area contributed by atoms with E-state index < -0.39 is 0 Å². The van der Waals surface area contributed by atoms with Crippen molar-refractivity contribution in [1.29, 1.82) is 0 Å². The van der Waals surface area contributed by atoms with Crippen LogP contribution in [-0.4, -0.2) is 39.8 Å². The van der Waals surface area contributed by atoms with Crippen LogP contribution in [0.15, 0.2) is 54.9 Å². The molecule has 0 radical (unpaired) electrons. The Labute approximate surface area is 152 Å². The number of ether oxygens (including phenoxy) is 1. The summed E-state index contributed by atoms with van der Waals surface area (Å²) in [7, 11) is 0. The lowest BCUT2D eigenvalue weighted by molar-refractivity contribution is 0.0787. The van der Waals surface area contributed by atoms with Crippen molar-refractivity contribution < 1.29 is 9.53 Å². The van der Waals surface area contributed by atoms with Gasteiger partial charge in [-0.15, -0.1) is 0 Å². The molecule has 1 fully saturated rings. The number of nitrogens with two attached hydrogens (primary N) is 1. The van der Waals surface area contributed by atoms with E-state index in [0.29, 0.717) is 30.4 Å². The van der Waals surface area contributed by atoms with E-state index in [1.54, 1.807) is 6.07 Å². The number of hydrogen-bond donors (Lipinski definition) is 1. The normalized spacial score (nSPS) is 17.0. The van der Waals surface area contributed by atoms with Crippen molar-refractivity contribution in [3.05, 3.63) is 66.1 Å². The van der Waals surface area contributed by atoms with Crippen molar-refractivity contribution in [2.75, 3.05) is 19.6 Å². The lowest BCUT2D eigenvalue weighted by Gasteiger charge is -2.16. The summed E-state index contributed by atoms with van der Waals surface area (Å²) in [4.78, 5) is 19.1. The van der Waals surface area contributed by atoms with Gasteiger partial charge in [-0.3, -0.25) is 4.79 Å². The van der Waals surface area contributed by atoms with Crippen LogP contribution in [0.4, 0.5) is 0 Å². The minimum Gasteiger partial charge on any atom is -0.487 e. The summed E-state index contributed by atoms with van der Waals surface area (Å²) < 4.78 is 7.81. The van der Waals surface area contributed by atoms with Gasteiger partial charge in [-0.2, -0.15) is 0 Å². The van der Waals surface area contributed by atoms with Crippen molar-refractivity contribution in [3.8, 4) is 5.75 Å². The van der Waals surface area contributed by atoms with E-state index in [4.69, 9.17) is 10.5 Å².